The van der Waals surface area contributed by atoms with Crippen molar-refractivity contribution >= 4 is 28.6 Å². The second-order valence-electron chi connectivity index (χ2n) is 6.21. The molecule has 4 aromatic rings. The molecule has 0 unspecified atom stereocenters. The Hall–Kier alpha value is -3.12. The largest absolute Gasteiger partial charge is 0.465 e. The van der Waals surface area contributed by atoms with Crippen molar-refractivity contribution in [1.82, 2.24) is 9.78 Å². The molecule has 0 aliphatic heterocycles. The molecule has 0 N–H and O–H groups in total. The van der Waals surface area contributed by atoms with Gasteiger partial charge in [-0.25, -0.2) is 13.9 Å². The number of ether oxygens (including phenoxy) is 1. The monoisotopic (exact) mass is 392 g/mol. The summed E-state index contributed by atoms with van der Waals surface area (Å²) in [5, 5.41) is 5.39. The third kappa shape index (κ3) is 3.64. The van der Waals surface area contributed by atoms with E-state index in [2.05, 4.69) is 17.2 Å². The average molecular weight is 392 g/mol. The van der Waals surface area contributed by atoms with Gasteiger partial charge in [0.2, 0.25) is 0 Å². The topological polar surface area (TPSA) is 44.1 Å². The number of carbonyl (C=O) groups is 1. The molecule has 4 nitrogen and oxygen atoms in total. The van der Waals surface area contributed by atoms with Crippen LogP contribution >= 0.6 is 11.8 Å². The highest BCUT2D eigenvalue weighted by molar-refractivity contribution is 7.98. The van der Waals surface area contributed by atoms with Crippen LogP contribution in [0.3, 0.4) is 0 Å². The Labute approximate surface area is 165 Å². The van der Waals surface area contributed by atoms with Crippen LogP contribution in [0.4, 0.5) is 4.39 Å². The lowest BCUT2D eigenvalue weighted by Gasteiger charge is -2.09. The first kappa shape index (κ1) is 18.3. The number of hydrogen-bond acceptors (Lipinski definition) is 4. The molecule has 6 heteroatoms. The number of halogens is 1. The quantitative estimate of drug-likeness (QED) is 0.344. The van der Waals surface area contributed by atoms with Crippen LogP contribution in [0.5, 0.6) is 0 Å². The Morgan fingerprint density at radius 1 is 1.11 bits per heavy atom. The van der Waals surface area contributed by atoms with Crippen molar-refractivity contribution < 1.29 is 13.9 Å². The molecule has 28 heavy (non-hydrogen) atoms. The fourth-order valence-electron chi connectivity index (χ4n) is 2.97. The smallest absolute Gasteiger partial charge is 0.337 e. The molecule has 0 radical (unpaired) electrons. The maximum atomic E-state index is 13.3. The maximum absolute atomic E-state index is 13.3. The highest BCUT2D eigenvalue weighted by Gasteiger charge is 2.15. The summed E-state index contributed by atoms with van der Waals surface area (Å²) in [5.41, 5.74) is 3.13. The van der Waals surface area contributed by atoms with Crippen molar-refractivity contribution in [2.45, 2.75) is 10.6 Å². The first-order chi connectivity index (χ1) is 13.7. The van der Waals surface area contributed by atoms with Gasteiger partial charge in [-0.05, 0) is 42.0 Å². The van der Waals surface area contributed by atoms with Crippen LogP contribution < -0.4 is 0 Å². The van der Waals surface area contributed by atoms with Crippen molar-refractivity contribution in [2.24, 2.45) is 0 Å². The SMILES string of the molecule is COC(=O)c1cc(SCc2ccccc2)c2cnn(-c3ccc(F)cc3)c2c1. The molecular formula is C22H17FN2O2S. The van der Waals surface area contributed by atoms with Crippen LogP contribution in [0, 0.1) is 5.82 Å². The summed E-state index contributed by atoms with van der Waals surface area (Å²) in [5.74, 6) is 0.0485. The second-order valence-corrected chi connectivity index (χ2v) is 7.22. The third-order valence-electron chi connectivity index (χ3n) is 4.38. The van der Waals surface area contributed by atoms with Crippen molar-refractivity contribution in [3.63, 3.8) is 0 Å². The predicted octanol–water partition coefficient (Wildman–Crippen LogP) is 5.24. The van der Waals surface area contributed by atoms with Crippen molar-refractivity contribution in [3.05, 3.63) is 89.9 Å². The molecule has 1 aromatic heterocycles. The Balaban J connectivity index is 1.79. The lowest BCUT2D eigenvalue weighted by molar-refractivity contribution is 0.0600. The van der Waals surface area contributed by atoms with Gasteiger partial charge in [0.1, 0.15) is 5.82 Å². The fraction of sp³-hybridized carbons (Fsp3) is 0.0909. The highest BCUT2D eigenvalue weighted by atomic mass is 32.2. The van der Waals surface area contributed by atoms with Gasteiger partial charge in [0.15, 0.2) is 0 Å². The lowest BCUT2D eigenvalue weighted by atomic mass is 10.1. The highest BCUT2D eigenvalue weighted by Crippen LogP contribution is 2.33. The summed E-state index contributed by atoms with van der Waals surface area (Å²) in [4.78, 5) is 13.1. The molecule has 140 valence electrons. The number of hydrogen-bond donors (Lipinski definition) is 0. The Kier molecular flexibility index (Phi) is 5.12. The van der Waals surface area contributed by atoms with Crippen molar-refractivity contribution in [3.8, 4) is 5.69 Å². The minimum Gasteiger partial charge on any atom is -0.465 e. The number of methoxy groups -OCH3 is 1. The maximum Gasteiger partial charge on any atom is 0.337 e. The molecular weight excluding hydrogens is 375 g/mol. The molecule has 0 fully saturated rings. The summed E-state index contributed by atoms with van der Waals surface area (Å²) in [6.45, 7) is 0. The number of carbonyl (C=O) groups excluding carboxylic acids is 1. The summed E-state index contributed by atoms with van der Waals surface area (Å²) in [7, 11) is 1.36. The number of aromatic nitrogens is 2. The Bertz CT molecular complexity index is 1120. The van der Waals surface area contributed by atoms with E-state index in [1.54, 1.807) is 40.8 Å². The third-order valence-corrected chi connectivity index (χ3v) is 5.51. The van der Waals surface area contributed by atoms with Gasteiger partial charge in [-0.3, -0.25) is 0 Å². The van der Waals surface area contributed by atoms with Crippen LogP contribution in [0.25, 0.3) is 16.6 Å². The number of esters is 1. The van der Waals surface area contributed by atoms with E-state index in [0.29, 0.717) is 5.56 Å². The fourth-order valence-corrected chi connectivity index (χ4v) is 4.01. The number of benzene rings is 3. The molecule has 0 spiro atoms. The minimum atomic E-state index is -0.407. The van der Waals surface area contributed by atoms with E-state index in [0.717, 1.165) is 27.2 Å². The van der Waals surface area contributed by atoms with Gasteiger partial charge >= 0.3 is 5.97 Å². The van der Waals surface area contributed by atoms with E-state index in [1.165, 1.54) is 24.8 Å². The zero-order valence-corrected chi connectivity index (χ0v) is 15.9. The van der Waals surface area contributed by atoms with Crippen LogP contribution in [-0.2, 0) is 10.5 Å². The zero-order valence-electron chi connectivity index (χ0n) is 15.1. The van der Waals surface area contributed by atoms with E-state index in [-0.39, 0.29) is 5.82 Å². The predicted molar refractivity (Wildman–Crippen MR) is 108 cm³/mol. The van der Waals surface area contributed by atoms with Crippen molar-refractivity contribution in [2.75, 3.05) is 7.11 Å². The van der Waals surface area contributed by atoms with E-state index >= 15 is 0 Å². The second kappa shape index (κ2) is 7.86. The van der Waals surface area contributed by atoms with Crippen LogP contribution in [0.2, 0.25) is 0 Å². The first-order valence-corrected chi connectivity index (χ1v) is 9.67. The summed E-state index contributed by atoms with van der Waals surface area (Å²) < 4.78 is 19.9. The number of thioether (sulfide) groups is 1. The molecule has 1 heterocycles. The Morgan fingerprint density at radius 2 is 1.86 bits per heavy atom. The van der Waals surface area contributed by atoms with Crippen LogP contribution in [0.1, 0.15) is 15.9 Å². The van der Waals surface area contributed by atoms with Gasteiger partial charge in [-0.15, -0.1) is 11.8 Å². The first-order valence-electron chi connectivity index (χ1n) is 8.68. The lowest BCUT2D eigenvalue weighted by Crippen LogP contribution is -2.03. The number of rotatable bonds is 5. The molecule has 0 aliphatic carbocycles. The normalized spacial score (nSPS) is 10.9. The Morgan fingerprint density at radius 3 is 2.57 bits per heavy atom. The average Bonchev–Trinajstić information content (AvgIpc) is 3.17. The summed E-state index contributed by atoms with van der Waals surface area (Å²) in [6.07, 6.45) is 1.77. The zero-order chi connectivity index (χ0) is 19.5. The number of fused-ring (bicyclic) bond motifs is 1. The van der Waals surface area contributed by atoms with E-state index in [4.69, 9.17) is 4.74 Å². The summed E-state index contributed by atoms with van der Waals surface area (Å²) in [6, 6.07) is 19.8. The van der Waals surface area contributed by atoms with Crippen LogP contribution in [-0.4, -0.2) is 22.9 Å². The van der Waals surface area contributed by atoms with Gasteiger partial charge < -0.3 is 4.74 Å². The molecule has 0 saturated heterocycles. The van der Waals surface area contributed by atoms with E-state index in [1.807, 2.05) is 24.3 Å². The van der Waals surface area contributed by atoms with Gasteiger partial charge in [0, 0.05) is 16.0 Å². The molecule has 0 amide bonds. The van der Waals surface area contributed by atoms with E-state index < -0.39 is 5.97 Å². The van der Waals surface area contributed by atoms with Gasteiger partial charge in [0.05, 0.1) is 30.1 Å². The van der Waals surface area contributed by atoms with Crippen LogP contribution in [0.15, 0.2) is 77.8 Å². The molecule has 0 atom stereocenters. The molecule has 4 rings (SSSR count). The van der Waals surface area contributed by atoms with Gasteiger partial charge in [-0.1, -0.05) is 30.3 Å². The van der Waals surface area contributed by atoms with Gasteiger partial charge in [-0.2, -0.15) is 5.10 Å². The minimum absolute atomic E-state index is 0.311. The molecule has 3 aromatic carbocycles. The summed E-state index contributed by atoms with van der Waals surface area (Å²) >= 11 is 1.63. The standard InChI is InChI=1S/C22H17FN2O2S/c1-27-22(26)16-11-20-19(13-24-25(20)18-9-7-17(23)8-10-18)21(12-16)28-14-15-5-3-2-4-6-15/h2-13H,14H2,1H3. The number of nitrogens with zero attached hydrogens (tertiary/aromatic N) is 2. The van der Waals surface area contributed by atoms with Crippen molar-refractivity contribution in [1.29, 1.82) is 0 Å². The molecule has 0 aliphatic rings. The van der Waals surface area contributed by atoms with Gasteiger partial charge in [0.25, 0.3) is 0 Å². The molecule has 0 bridgehead atoms. The molecule has 0 saturated carbocycles. The van der Waals surface area contributed by atoms with E-state index in [9.17, 15) is 9.18 Å².